The molecule has 0 bridgehead atoms. The molecule has 1 saturated carbocycles. The van der Waals surface area contributed by atoms with Crippen LogP contribution in [0, 0.1) is 5.92 Å². The predicted molar refractivity (Wildman–Crippen MR) is 146 cm³/mol. The first kappa shape index (κ1) is 29.3. The summed E-state index contributed by atoms with van der Waals surface area (Å²) < 4.78 is 45.4. The summed E-state index contributed by atoms with van der Waals surface area (Å²) >= 11 is 0.661. The zero-order valence-corrected chi connectivity index (χ0v) is 22.7. The van der Waals surface area contributed by atoms with Crippen molar-refractivity contribution in [2.75, 3.05) is 19.0 Å². The lowest BCUT2D eigenvalue weighted by Gasteiger charge is -2.28. The fraction of sp³-hybridized carbons (Fsp3) is 0.379. The van der Waals surface area contributed by atoms with Crippen molar-refractivity contribution in [2.45, 2.75) is 50.6 Å². The van der Waals surface area contributed by atoms with E-state index in [0.717, 1.165) is 25.7 Å². The van der Waals surface area contributed by atoms with Gasteiger partial charge in [0.1, 0.15) is 9.88 Å². The Kier molecular flexibility index (Phi) is 9.57. The zero-order valence-electron chi connectivity index (χ0n) is 21.9. The van der Waals surface area contributed by atoms with Gasteiger partial charge in [-0.2, -0.15) is 13.2 Å². The number of carbonyl (C=O) groups excluding carboxylic acids is 3. The van der Waals surface area contributed by atoms with Gasteiger partial charge >= 0.3 is 12.1 Å². The Morgan fingerprint density at radius 1 is 1.00 bits per heavy atom. The average molecular weight is 574 g/mol. The van der Waals surface area contributed by atoms with Crippen LogP contribution in [0.25, 0.3) is 10.6 Å². The summed E-state index contributed by atoms with van der Waals surface area (Å²) in [6, 6.07) is 15.9. The topological polar surface area (TPSA) is 97.4 Å². The van der Waals surface area contributed by atoms with Crippen LogP contribution >= 0.6 is 11.3 Å². The molecule has 1 aliphatic carbocycles. The Morgan fingerprint density at radius 2 is 1.68 bits per heavy atom. The Balaban J connectivity index is 1.26. The second kappa shape index (κ2) is 13.1. The molecule has 1 heterocycles. The second-order valence-electron chi connectivity index (χ2n) is 9.73. The maximum Gasteiger partial charge on any atom is 0.435 e. The first-order valence-electron chi connectivity index (χ1n) is 13.0. The molecule has 1 fully saturated rings. The highest BCUT2D eigenvalue weighted by molar-refractivity contribution is 7.17. The lowest BCUT2D eigenvalue weighted by atomic mass is 9.77. The Hall–Kier alpha value is -3.73. The number of methoxy groups -OCH3 is 1. The summed E-state index contributed by atoms with van der Waals surface area (Å²) in [5, 5.41) is 5.25. The van der Waals surface area contributed by atoms with Gasteiger partial charge in [0.05, 0.1) is 7.11 Å². The number of thiazole rings is 1. The number of nitrogens with zero attached hydrogens (tertiary/aromatic N) is 1. The number of anilines is 1. The van der Waals surface area contributed by atoms with E-state index in [1.807, 2.05) is 24.3 Å². The van der Waals surface area contributed by atoms with Crippen LogP contribution in [0.15, 0.2) is 54.6 Å². The molecule has 1 aliphatic rings. The number of aromatic nitrogens is 1. The average Bonchev–Trinajstić information content (AvgIpc) is 3.41. The van der Waals surface area contributed by atoms with Crippen molar-refractivity contribution in [3.63, 3.8) is 0 Å². The summed E-state index contributed by atoms with van der Waals surface area (Å²) in [6.07, 6.45) is -0.554. The number of carbonyl (C=O) groups is 3. The number of benzene rings is 2. The fourth-order valence-electron chi connectivity index (χ4n) is 4.82. The molecule has 0 radical (unpaired) electrons. The number of hydrogen-bond donors (Lipinski definition) is 2. The Bertz CT molecular complexity index is 1320. The van der Waals surface area contributed by atoms with Gasteiger partial charge in [0.15, 0.2) is 5.69 Å². The molecule has 0 saturated heterocycles. The molecule has 7 nitrogen and oxygen atoms in total. The van der Waals surface area contributed by atoms with Gasteiger partial charge in [-0.25, -0.2) is 4.98 Å². The number of amides is 2. The molecule has 2 aromatic carbocycles. The molecule has 212 valence electrons. The van der Waals surface area contributed by atoms with Gasteiger partial charge in [-0.1, -0.05) is 42.5 Å². The molecular formula is C29H30F3N3O4S. The summed E-state index contributed by atoms with van der Waals surface area (Å²) in [5.74, 6) is -0.726. The minimum absolute atomic E-state index is 0.0912. The molecule has 3 aromatic rings. The molecule has 4 rings (SSSR count). The minimum atomic E-state index is -4.79. The summed E-state index contributed by atoms with van der Waals surface area (Å²) in [4.78, 5) is 39.6. The first-order chi connectivity index (χ1) is 19.1. The van der Waals surface area contributed by atoms with Gasteiger partial charge in [0, 0.05) is 30.6 Å². The maximum atomic E-state index is 13.5. The smallest absolute Gasteiger partial charge is 0.435 e. The largest absolute Gasteiger partial charge is 0.469 e. The summed E-state index contributed by atoms with van der Waals surface area (Å²) in [7, 11) is 1.40. The van der Waals surface area contributed by atoms with E-state index < -0.39 is 22.7 Å². The molecular weight excluding hydrogens is 543 g/mol. The molecule has 1 aromatic heterocycles. The van der Waals surface area contributed by atoms with Crippen LogP contribution in [0.2, 0.25) is 0 Å². The number of ether oxygens (including phenoxy) is 1. The van der Waals surface area contributed by atoms with Crippen LogP contribution in [0.3, 0.4) is 0 Å². The Morgan fingerprint density at radius 3 is 2.30 bits per heavy atom. The SMILES string of the molecule is COC(=O)CC1CCC(c2ccc(NC(=O)CCNC(=O)c3sc(-c4ccccc4)nc3C(F)(F)F)cc2)CC1. The molecule has 0 unspecified atom stereocenters. The van der Waals surface area contributed by atoms with E-state index in [4.69, 9.17) is 4.74 Å². The van der Waals surface area contributed by atoms with E-state index in [1.165, 1.54) is 12.7 Å². The zero-order chi connectivity index (χ0) is 28.7. The van der Waals surface area contributed by atoms with E-state index in [-0.39, 0.29) is 29.8 Å². The standard InChI is InChI=1S/C29H30F3N3O4S/c1-39-24(37)17-18-7-9-19(10-8-18)20-11-13-22(14-12-20)34-23(36)15-16-33-27(38)25-26(29(30,31)32)35-28(40-25)21-5-3-2-4-6-21/h2-6,11-14,18-19H,7-10,15-17H2,1H3,(H,33,38)(H,34,36). The maximum absolute atomic E-state index is 13.5. The number of hydrogen-bond acceptors (Lipinski definition) is 6. The highest BCUT2D eigenvalue weighted by Gasteiger charge is 2.39. The van der Waals surface area contributed by atoms with Crippen molar-refractivity contribution in [2.24, 2.45) is 5.92 Å². The van der Waals surface area contributed by atoms with Crippen LogP contribution in [0.4, 0.5) is 18.9 Å². The van der Waals surface area contributed by atoms with E-state index >= 15 is 0 Å². The third-order valence-electron chi connectivity index (χ3n) is 6.96. The lowest BCUT2D eigenvalue weighted by molar-refractivity contribution is -0.142. The summed E-state index contributed by atoms with van der Waals surface area (Å²) in [5.41, 5.74) is 1.000. The third kappa shape index (κ3) is 7.68. The van der Waals surface area contributed by atoms with Gasteiger partial charge in [-0.15, -0.1) is 11.3 Å². The number of esters is 1. The third-order valence-corrected chi connectivity index (χ3v) is 8.06. The molecule has 2 N–H and O–H groups in total. The van der Waals surface area contributed by atoms with Crippen molar-refractivity contribution in [1.82, 2.24) is 10.3 Å². The van der Waals surface area contributed by atoms with E-state index in [9.17, 15) is 27.6 Å². The van der Waals surface area contributed by atoms with Crippen LogP contribution in [0.5, 0.6) is 0 Å². The number of nitrogens with one attached hydrogen (secondary N) is 2. The molecule has 0 spiro atoms. The molecule has 0 atom stereocenters. The van der Waals surface area contributed by atoms with Crippen LogP contribution < -0.4 is 10.6 Å². The van der Waals surface area contributed by atoms with Crippen molar-refractivity contribution < 1.29 is 32.3 Å². The minimum Gasteiger partial charge on any atom is -0.469 e. The highest BCUT2D eigenvalue weighted by atomic mass is 32.1. The lowest BCUT2D eigenvalue weighted by Crippen LogP contribution is -2.28. The van der Waals surface area contributed by atoms with E-state index in [0.29, 0.717) is 40.8 Å². The molecule has 0 aliphatic heterocycles. The number of halogens is 3. The molecule has 11 heteroatoms. The number of alkyl halides is 3. The van der Waals surface area contributed by atoms with Crippen molar-refractivity contribution in [3.8, 4) is 10.6 Å². The highest BCUT2D eigenvalue weighted by Crippen LogP contribution is 2.38. The molecule has 2 amide bonds. The summed E-state index contributed by atoms with van der Waals surface area (Å²) in [6.45, 7) is -0.132. The van der Waals surface area contributed by atoms with E-state index in [1.54, 1.807) is 30.3 Å². The quantitative estimate of drug-likeness (QED) is 0.288. The normalized spacial score (nSPS) is 17.2. The van der Waals surface area contributed by atoms with Crippen LogP contribution in [-0.4, -0.2) is 36.4 Å². The predicted octanol–water partition coefficient (Wildman–Crippen LogP) is 6.42. The number of rotatable bonds is 9. The van der Waals surface area contributed by atoms with Gasteiger partial charge in [0.25, 0.3) is 5.91 Å². The van der Waals surface area contributed by atoms with Crippen LogP contribution in [0.1, 0.15) is 65.4 Å². The van der Waals surface area contributed by atoms with Crippen molar-refractivity contribution >= 4 is 34.8 Å². The van der Waals surface area contributed by atoms with Crippen LogP contribution in [-0.2, 0) is 20.5 Å². The Labute approximate surface area is 234 Å². The first-order valence-corrected chi connectivity index (χ1v) is 13.8. The van der Waals surface area contributed by atoms with Crippen molar-refractivity contribution in [3.05, 3.63) is 70.7 Å². The van der Waals surface area contributed by atoms with Gasteiger partial charge in [-0.3, -0.25) is 14.4 Å². The molecule has 40 heavy (non-hydrogen) atoms. The van der Waals surface area contributed by atoms with Gasteiger partial charge in [-0.05, 0) is 55.2 Å². The fourth-order valence-corrected chi connectivity index (χ4v) is 5.83. The van der Waals surface area contributed by atoms with Crippen molar-refractivity contribution in [1.29, 1.82) is 0 Å². The van der Waals surface area contributed by atoms with Gasteiger partial charge < -0.3 is 15.4 Å². The monoisotopic (exact) mass is 573 g/mol. The van der Waals surface area contributed by atoms with Gasteiger partial charge in [0.2, 0.25) is 5.91 Å². The second-order valence-corrected chi connectivity index (χ2v) is 10.7. The van der Waals surface area contributed by atoms with E-state index in [2.05, 4.69) is 15.6 Å².